The van der Waals surface area contributed by atoms with Gasteiger partial charge < -0.3 is 15.6 Å². The number of nitrogens with one attached hydrogen (secondary N) is 3. The van der Waals surface area contributed by atoms with Gasteiger partial charge in [0, 0.05) is 31.0 Å². The number of halogens is 1. The number of fused-ring (bicyclic) bond motifs is 1. The molecule has 0 bridgehead atoms. The molecule has 0 spiro atoms. The highest BCUT2D eigenvalue weighted by atomic mass is 35.5. The van der Waals surface area contributed by atoms with Crippen molar-refractivity contribution in [3.63, 3.8) is 0 Å². The van der Waals surface area contributed by atoms with E-state index in [1.165, 1.54) is 0 Å². The molecule has 0 aromatic carbocycles. The summed E-state index contributed by atoms with van der Waals surface area (Å²) in [7, 11) is 0. The number of aryl methyl sites for hydroxylation is 1. The van der Waals surface area contributed by atoms with Crippen LogP contribution in [0, 0.1) is 18.8 Å². The molecule has 5 heteroatoms. The molecule has 1 aromatic heterocycles. The number of carbonyl (C=O) groups excluding carboxylic acids is 1. The maximum absolute atomic E-state index is 11.9. The van der Waals surface area contributed by atoms with Gasteiger partial charge >= 0.3 is 0 Å². The molecule has 1 aliphatic carbocycles. The first-order valence-electron chi connectivity index (χ1n) is 5.43. The second kappa shape index (κ2) is 4.11. The van der Waals surface area contributed by atoms with Crippen LogP contribution >= 0.6 is 12.4 Å². The maximum Gasteiger partial charge on any atom is 0.253 e. The zero-order valence-electron chi connectivity index (χ0n) is 9.12. The smallest absolute Gasteiger partial charge is 0.253 e. The van der Waals surface area contributed by atoms with Gasteiger partial charge in [0.05, 0.1) is 5.56 Å². The molecule has 2 aliphatic rings. The second-order valence-electron chi connectivity index (χ2n) is 4.50. The number of rotatable bonds is 2. The van der Waals surface area contributed by atoms with E-state index in [9.17, 15) is 4.79 Å². The van der Waals surface area contributed by atoms with E-state index in [1.807, 2.05) is 13.0 Å². The summed E-state index contributed by atoms with van der Waals surface area (Å²) in [6, 6.07) is 2.24. The van der Waals surface area contributed by atoms with Crippen molar-refractivity contribution in [3.05, 3.63) is 23.5 Å². The van der Waals surface area contributed by atoms with Gasteiger partial charge in [-0.1, -0.05) is 0 Å². The van der Waals surface area contributed by atoms with Crippen LogP contribution in [0.3, 0.4) is 0 Å². The molecule has 2 unspecified atom stereocenters. The summed E-state index contributed by atoms with van der Waals surface area (Å²) in [6.45, 7) is 4.04. The Morgan fingerprint density at radius 2 is 2.12 bits per heavy atom. The van der Waals surface area contributed by atoms with Gasteiger partial charge in [-0.3, -0.25) is 4.79 Å². The maximum atomic E-state index is 11.9. The standard InChI is InChI=1S/C11H15N3O.ClH/c1-6-7(2-3-13-6)11(15)14-10-8-4-12-5-9(8)10;/h2-3,8-10,12-13H,4-5H2,1H3,(H,14,15);1H. The van der Waals surface area contributed by atoms with Crippen molar-refractivity contribution in [1.82, 2.24) is 15.6 Å². The van der Waals surface area contributed by atoms with Crippen LogP contribution in [-0.2, 0) is 0 Å². The van der Waals surface area contributed by atoms with Crippen molar-refractivity contribution in [2.75, 3.05) is 13.1 Å². The van der Waals surface area contributed by atoms with E-state index < -0.39 is 0 Å². The van der Waals surface area contributed by atoms with Crippen LogP contribution in [0.15, 0.2) is 12.3 Å². The quantitative estimate of drug-likeness (QED) is 0.714. The Kier molecular flexibility index (Phi) is 2.95. The molecule has 3 N–H and O–H groups in total. The van der Waals surface area contributed by atoms with E-state index in [0.29, 0.717) is 17.9 Å². The lowest BCUT2D eigenvalue weighted by Crippen LogP contribution is -2.32. The Hall–Kier alpha value is -1.00. The Morgan fingerprint density at radius 3 is 2.69 bits per heavy atom. The molecule has 3 rings (SSSR count). The minimum Gasteiger partial charge on any atom is -0.365 e. The van der Waals surface area contributed by atoms with Gasteiger partial charge in [-0.15, -0.1) is 12.4 Å². The Morgan fingerprint density at radius 1 is 1.44 bits per heavy atom. The summed E-state index contributed by atoms with van der Waals surface area (Å²) in [6.07, 6.45) is 1.81. The average molecular weight is 242 g/mol. The molecular formula is C11H16ClN3O. The van der Waals surface area contributed by atoms with Crippen LogP contribution in [0.25, 0.3) is 0 Å². The van der Waals surface area contributed by atoms with Crippen LogP contribution in [0.2, 0.25) is 0 Å². The van der Waals surface area contributed by atoms with Gasteiger partial charge in [0.25, 0.3) is 5.91 Å². The summed E-state index contributed by atoms with van der Waals surface area (Å²) < 4.78 is 0. The fraction of sp³-hybridized carbons (Fsp3) is 0.545. The van der Waals surface area contributed by atoms with E-state index in [4.69, 9.17) is 0 Å². The Balaban J connectivity index is 0.000000963. The van der Waals surface area contributed by atoms with Crippen LogP contribution in [-0.4, -0.2) is 30.0 Å². The zero-order chi connectivity index (χ0) is 10.4. The molecule has 1 aromatic rings. The lowest BCUT2D eigenvalue weighted by Gasteiger charge is -2.07. The molecule has 1 amide bonds. The lowest BCUT2D eigenvalue weighted by molar-refractivity contribution is 0.0946. The number of amides is 1. The monoisotopic (exact) mass is 241 g/mol. The van der Waals surface area contributed by atoms with Crippen LogP contribution < -0.4 is 10.6 Å². The van der Waals surface area contributed by atoms with Gasteiger partial charge in [0.1, 0.15) is 0 Å². The van der Waals surface area contributed by atoms with Crippen molar-refractivity contribution in [1.29, 1.82) is 0 Å². The topological polar surface area (TPSA) is 56.9 Å². The van der Waals surface area contributed by atoms with Crippen molar-refractivity contribution in [2.24, 2.45) is 11.8 Å². The van der Waals surface area contributed by atoms with Crippen LogP contribution in [0.1, 0.15) is 16.1 Å². The highest BCUT2D eigenvalue weighted by Gasteiger charge is 2.53. The van der Waals surface area contributed by atoms with Crippen molar-refractivity contribution in [3.8, 4) is 0 Å². The molecule has 88 valence electrons. The van der Waals surface area contributed by atoms with Gasteiger partial charge in [0.2, 0.25) is 0 Å². The number of hydrogen-bond acceptors (Lipinski definition) is 2. The molecule has 2 fully saturated rings. The normalized spacial score (nSPS) is 30.4. The second-order valence-corrected chi connectivity index (χ2v) is 4.50. The largest absolute Gasteiger partial charge is 0.365 e. The lowest BCUT2D eigenvalue weighted by atomic mass is 10.2. The molecule has 2 heterocycles. The van der Waals surface area contributed by atoms with Crippen LogP contribution in [0.4, 0.5) is 0 Å². The number of H-pyrrole nitrogens is 1. The molecule has 16 heavy (non-hydrogen) atoms. The minimum atomic E-state index is 0. The Labute approximate surface area is 101 Å². The van der Waals surface area contributed by atoms with E-state index >= 15 is 0 Å². The fourth-order valence-corrected chi connectivity index (χ4v) is 2.56. The fourth-order valence-electron chi connectivity index (χ4n) is 2.56. The van der Waals surface area contributed by atoms with Crippen molar-refractivity contribution < 1.29 is 4.79 Å². The summed E-state index contributed by atoms with van der Waals surface area (Å²) in [5, 5.41) is 6.41. The average Bonchev–Trinajstić information content (AvgIpc) is 2.66. The molecule has 1 saturated carbocycles. The predicted molar refractivity (Wildman–Crippen MR) is 63.9 cm³/mol. The van der Waals surface area contributed by atoms with Gasteiger partial charge in [-0.25, -0.2) is 0 Å². The third-order valence-electron chi connectivity index (χ3n) is 3.59. The number of hydrogen-bond donors (Lipinski definition) is 3. The first-order chi connectivity index (χ1) is 7.27. The number of aromatic nitrogens is 1. The zero-order valence-corrected chi connectivity index (χ0v) is 9.93. The molecule has 2 atom stereocenters. The van der Waals surface area contributed by atoms with E-state index in [-0.39, 0.29) is 18.3 Å². The Bertz CT molecular complexity index is 394. The van der Waals surface area contributed by atoms with Gasteiger partial charge in [-0.05, 0) is 24.8 Å². The molecule has 4 nitrogen and oxygen atoms in total. The summed E-state index contributed by atoms with van der Waals surface area (Å²) >= 11 is 0. The summed E-state index contributed by atoms with van der Waals surface area (Å²) in [4.78, 5) is 14.9. The molecule has 1 aliphatic heterocycles. The van der Waals surface area contributed by atoms with E-state index in [1.54, 1.807) is 6.20 Å². The highest BCUT2D eigenvalue weighted by molar-refractivity contribution is 5.95. The SMILES string of the molecule is Cc1[nH]ccc1C(=O)NC1C2CNCC21.Cl. The first-order valence-corrected chi connectivity index (χ1v) is 5.43. The molecule has 1 saturated heterocycles. The predicted octanol–water partition coefficient (Wildman–Crippen LogP) is 0.693. The number of carbonyl (C=O) groups is 1. The van der Waals surface area contributed by atoms with Crippen molar-refractivity contribution >= 4 is 18.3 Å². The van der Waals surface area contributed by atoms with Crippen molar-refractivity contribution in [2.45, 2.75) is 13.0 Å². The third kappa shape index (κ3) is 1.72. The summed E-state index contributed by atoms with van der Waals surface area (Å²) in [5.41, 5.74) is 1.71. The number of aromatic amines is 1. The highest BCUT2D eigenvalue weighted by Crippen LogP contribution is 2.41. The summed E-state index contributed by atoms with van der Waals surface area (Å²) in [5.74, 6) is 1.41. The number of piperidine rings is 1. The third-order valence-corrected chi connectivity index (χ3v) is 3.59. The first kappa shape index (κ1) is 11.5. The minimum absolute atomic E-state index is 0. The molecular weight excluding hydrogens is 226 g/mol. The van der Waals surface area contributed by atoms with Crippen LogP contribution in [0.5, 0.6) is 0 Å². The van der Waals surface area contributed by atoms with Gasteiger partial charge in [-0.2, -0.15) is 0 Å². The van der Waals surface area contributed by atoms with E-state index in [2.05, 4.69) is 15.6 Å². The van der Waals surface area contributed by atoms with Gasteiger partial charge in [0.15, 0.2) is 0 Å². The molecule has 0 radical (unpaired) electrons. The van der Waals surface area contributed by atoms with E-state index in [0.717, 1.165) is 24.3 Å².